The van der Waals surface area contributed by atoms with Gasteiger partial charge < -0.3 is 34.0 Å². The Labute approximate surface area is 160 Å². The monoisotopic (exact) mass is 418 g/mol. The maximum absolute atomic E-state index is 2.36. The van der Waals surface area contributed by atoms with Gasteiger partial charge in [0.05, 0.1) is 0 Å². The predicted molar refractivity (Wildman–Crippen MR) is 81.4 cm³/mol. The number of benzene rings is 1. The molecule has 1 aromatic rings. The van der Waals surface area contributed by atoms with E-state index in [-0.39, 0.29) is 67.8 Å². The molecule has 0 aliphatic rings. The Kier molecular flexibility index (Phi) is 12.4. The van der Waals surface area contributed by atoms with Gasteiger partial charge in [-0.15, -0.1) is 11.8 Å². The van der Waals surface area contributed by atoms with Gasteiger partial charge in [-0.05, 0) is 40.3 Å². The summed E-state index contributed by atoms with van der Waals surface area (Å²) in [5, 5.41) is 0. The van der Waals surface area contributed by atoms with E-state index in [1.165, 1.54) is 16.0 Å². The van der Waals surface area contributed by atoms with E-state index >= 15 is 0 Å². The fourth-order valence-electron chi connectivity index (χ4n) is 1.58. The van der Waals surface area contributed by atoms with Crippen LogP contribution in [-0.4, -0.2) is 29.3 Å². The third-order valence-corrected chi connectivity index (χ3v) is 3.58. The Morgan fingerprint density at radius 2 is 1.05 bits per heavy atom. The molecule has 1 aromatic carbocycles. The number of thioether (sulfide) groups is 1. The van der Waals surface area contributed by atoms with Crippen molar-refractivity contribution in [3.8, 4) is 0 Å². The van der Waals surface area contributed by atoms with Crippen molar-refractivity contribution in [2.24, 2.45) is 0 Å². The zero-order valence-corrected chi connectivity index (χ0v) is 18.5. The molecule has 0 radical (unpaired) electrons. The molecule has 4 heteroatoms. The summed E-state index contributed by atoms with van der Waals surface area (Å²) in [6.07, 6.45) is 2.15. The van der Waals surface area contributed by atoms with Crippen LogP contribution in [0.3, 0.4) is 0 Å². The Balaban J connectivity index is -0.000000853. The Morgan fingerprint density at radius 3 is 1.26 bits per heavy atom. The summed E-state index contributed by atoms with van der Waals surface area (Å²) < 4.78 is 0. The van der Waals surface area contributed by atoms with Gasteiger partial charge in [-0.1, -0.05) is 47.6 Å². The number of hydrogen-bond donors (Lipinski definition) is 0. The molecule has 0 nitrogen and oxygen atoms in total. The first kappa shape index (κ1) is 25.3. The van der Waals surface area contributed by atoms with Gasteiger partial charge in [-0.25, -0.2) is 0 Å². The van der Waals surface area contributed by atoms with Crippen LogP contribution in [0.1, 0.15) is 52.7 Å². The molecule has 0 N–H and O–H groups in total. The van der Waals surface area contributed by atoms with E-state index in [0.717, 1.165) is 0 Å². The van der Waals surface area contributed by atoms with Gasteiger partial charge in [0.1, 0.15) is 0 Å². The molecule has 19 heavy (non-hydrogen) atoms. The van der Waals surface area contributed by atoms with Crippen molar-refractivity contribution in [1.82, 2.24) is 0 Å². The van der Waals surface area contributed by atoms with Crippen LogP contribution in [0.2, 0.25) is 0 Å². The molecule has 0 heterocycles. The molecule has 0 aliphatic heterocycles. The first-order valence-corrected chi connectivity index (χ1v) is 7.07. The molecule has 1 rings (SSSR count). The van der Waals surface area contributed by atoms with Crippen molar-refractivity contribution in [1.29, 1.82) is 0 Å². The Hall–Kier alpha value is 1.30. The standard InChI is InChI=1S/C15H24S.2BrH.Mg/c1-14(2,3)11-8-12(15(4,5)6)10-13(9-11)16-7;;;/h8-10H,1-7H3;2*1H;/q;;;+2/p-2. The van der Waals surface area contributed by atoms with Crippen LogP contribution in [0.5, 0.6) is 0 Å². The Morgan fingerprint density at radius 1 is 0.737 bits per heavy atom. The molecular weight excluding hydrogens is 396 g/mol. The minimum absolute atomic E-state index is 0. The Bertz CT molecular complexity index is 346. The van der Waals surface area contributed by atoms with Crippen LogP contribution in [0.15, 0.2) is 23.1 Å². The number of rotatable bonds is 1. The third-order valence-electron chi connectivity index (χ3n) is 2.87. The minimum Gasteiger partial charge on any atom is -1.00 e. The third kappa shape index (κ3) is 7.75. The predicted octanol–water partition coefficient (Wildman–Crippen LogP) is -1.37. The van der Waals surface area contributed by atoms with E-state index in [2.05, 4.69) is 66.0 Å². The van der Waals surface area contributed by atoms with Crippen LogP contribution in [0.25, 0.3) is 0 Å². The zero-order chi connectivity index (χ0) is 12.6. The molecule has 0 amide bonds. The SMILES string of the molecule is CSc1cc(C(C)(C)C)cc(C(C)(C)C)c1.[Br-].[Br-].[Mg+2]. The van der Waals surface area contributed by atoms with Crippen molar-refractivity contribution >= 4 is 34.8 Å². The molecule has 0 saturated heterocycles. The molecular formula is C15H24Br2MgS. The molecule has 0 atom stereocenters. The van der Waals surface area contributed by atoms with E-state index in [0.29, 0.717) is 0 Å². The molecule has 0 aliphatic carbocycles. The first-order valence-electron chi connectivity index (χ1n) is 5.84. The van der Waals surface area contributed by atoms with Crippen LogP contribution < -0.4 is 34.0 Å². The molecule has 0 saturated carbocycles. The average Bonchev–Trinajstić information content (AvgIpc) is 2.14. The van der Waals surface area contributed by atoms with Gasteiger partial charge in [-0.2, -0.15) is 0 Å². The average molecular weight is 421 g/mol. The van der Waals surface area contributed by atoms with E-state index in [1.54, 1.807) is 0 Å². The second-order valence-electron chi connectivity index (χ2n) is 6.45. The van der Waals surface area contributed by atoms with Gasteiger partial charge in [0, 0.05) is 4.90 Å². The van der Waals surface area contributed by atoms with Gasteiger partial charge in [0.2, 0.25) is 0 Å². The van der Waals surface area contributed by atoms with E-state index < -0.39 is 0 Å². The van der Waals surface area contributed by atoms with E-state index in [9.17, 15) is 0 Å². The smallest absolute Gasteiger partial charge is 1.00 e. The molecule has 0 bridgehead atoms. The van der Waals surface area contributed by atoms with Gasteiger partial charge >= 0.3 is 23.1 Å². The summed E-state index contributed by atoms with van der Waals surface area (Å²) in [7, 11) is 0. The van der Waals surface area contributed by atoms with Gasteiger partial charge in [0.25, 0.3) is 0 Å². The summed E-state index contributed by atoms with van der Waals surface area (Å²) in [6, 6.07) is 7.00. The van der Waals surface area contributed by atoms with Crippen molar-refractivity contribution in [3.63, 3.8) is 0 Å². The zero-order valence-electron chi connectivity index (χ0n) is 13.1. The van der Waals surface area contributed by atoms with Crippen molar-refractivity contribution in [3.05, 3.63) is 29.3 Å². The summed E-state index contributed by atoms with van der Waals surface area (Å²) in [5.41, 5.74) is 3.32. The molecule has 0 unspecified atom stereocenters. The first-order chi connectivity index (χ1) is 7.14. The van der Waals surface area contributed by atoms with Crippen LogP contribution in [0, 0.1) is 0 Å². The van der Waals surface area contributed by atoms with Crippen LogP contribution in [-0.2, 0) is 10.8 Å². The maximum atomic E-state index is 2.36. The fourth-order valence-corrected chi connectivity index (χ4v) is 2.07. The second kappa shape index (κ2) is 9.34. The summed E-state index contributed by atoms with van der Waals surface area (Å²) in [6.45, 7) is 13.7. The number of halogens is 2. The van der Waals surface area contributed by atoms with Gasteiger partial charge in [0.15, 0.2) is 0 Å². The van der Waals surface area contributed by atoms with Crippen LogP contribution in [0.4, 0.5) is 0 Å². The molecule has 0 aromatic heterocycles. The summed E-state index contributed by atoms with van der Waals surface area (Å²) in [5.74, 6) is 0. The molecule has 0 fully saturated rings. The molecule has 106 valence electrons. The quantitative estimate of drug-likeness (QED) is 0.399. The second-order valence-corrected chi connectivity index (χ2v) is 7.33. The summed E-state index contributed by atoms with van der Waals surface area (Å²) >= 11 is 1.83. The van der Waals surface area contributed by atoms with Crippen molar-refractivity contribution < 1.29 is 34.0 Å². The van der Waals surface area contributed by atoms with Crippen molar-refractivity contribution in [2.75, 3.05) is 6.26 Å². The maximum Gasteiger partial charge on any atom is 2.00 e. The minimum atomic E-state index is 0. The largest absolute Gasteiger partial charge is 2.00 e. The molecule has 0 spiro atoms. The van der Waals surface area contributed by atoms with Crippen LogP contribution >= 0.6 is 11.8 Å². The van der Waals surface area contributed by atoms with E-state index in [1.807, 2.05) is 11.8 Å². The summed E-state index contributed by atoms with van der Waals surface area (Å²) in [4.78, 5) is 1.37. The van der Waals surface area contributed by atoms with Gasteiger partial charge in [-0.3, -0.25) is 0 Å². The number of hydrogen-bond acceptors (Lipinski definition) is 1. The topological polar surface area (TPSA) is 0 Å². The van der Waals surface area contributed by atoms with Crippen molar-refractivity contribution in [2.45, 2.75) is 57.3 Å². The van der Waals surface area contributed by atoms with E-state index in [4.69, 9.17) is 0 Å². The fraction of sp³-hybridized carbons (Fsp3) is 0.600. The normalized spacial score (nSPS) is 10.9.